The van der Waals surface area contributed by atoms with Crippen LogP contribution in [-0.4, -0.2) is 21.2 Å². The molecule has 1 aliphatic carbocycles. The second kappa shape index (κ2) is 3.73. The zero-order chi connectivity index (χ0) is 11.9. The number of hydrogen-bond donors (Lipinski definition) is 1. The van der Waals surface area contributed by atoms with Gasteiger partial charge in [-0.25, -0.2) is 4.68 Å². The van der Waals surface area contributed by atoms with Crippen molar-refractivity contribution in [1.82, 2.24) is 15.0 Å². The van der Waals surface area contributed by atoms with Gasteiger partial charge in [0.15, 0.2) is 0 Å². The van der Waals surface area contributed by atoms with Crippen LogP contribution in [0.1, 0.15) is 43.1 Å². The second-order valence-electron chi connectivity index (χ2n) is 4.06. The van der Waals surface area contributed by atoms with E-state index in [4.69, 9.17) is 5.73 Å². The summed E-state index contributed by atoms with van der Waals surface area (Å²) in [6, 6.07) is -1.64. The van der Waals surface area contributed by atoms with Crippen molar-refractivity contribution in [3.63, 3.8) is 0 Å². The molecule has 2 rings (SSSR count). The van der Waals surface area contributed by atoms with Crippen LogP contribution in [0.2, 0.25) is 0 Å². The Bertz CT molecular complexity index is 381. The van der Waals surface area contributed by atoms with Crippen molar-refractivity contribution in [2.45, 2.75) is 44.4 Å². The predicted molar refractivity (Wildman–Crippen MR) is 50.7 cm³/mol. The Morgan fingerprint density at radius 2 is 2.12 bits per heavy atom. The molecule has 16 heavy (non-hydrogen) atoms. The first kappa shape index (κ1) is 11.4. The minimum Gasteiger partial charge on any atom is -0.325 e. The van der Waals surface area contributed by atoms with Crippen LogP contribution in [0.3, 0.4) is 0 Å². The molecule has 0 spiro atoms. The van der Waals surface area contributed by atoms with Gasteiger partial charge in [-0.3, -0.25) is 0 Å². The molecule has 90 valence electrons. The fourth-order valence-corrected chi connectivity index (χ4v) is 1.68. The lowest BCUT2D eigenvalue weighted by Crippen LogP contribution is -2.26. The van der Waals surface area contributed by atoms with Gasteiger partial charge in [0.2, 0.25) is 0 Å². The van der Waals surface area contributed by atoms with Crippen LogP contribution in [0, 0.1) is 0 Å². The van der Waals surface area contributed by atoms with Crippen molar-refractivity contribution < 1.29 is 13.2 Å². The van der Waals surface area contributed by atoms with Crippen molar-refractivity contribution in [3.8, 4) is 0 Å². The molecule has 0 aliphatic heterocycles. The van der Waals surface area contributed by atoms with E-state index in [9.17, 15) is 13.2 Å². The average molecular weight is 234 g/mol. The molecule has 0 aromatic carbocycles. The molecule has 1 atom stereocenters. The fraction of sp³-hybridized carbons (Fsp3) is 0.778. The molecule has 1 heterocycles. The predicted octanol–water partition coefficient (Wildman–Crippen LogP) is 1.74. The van der Waals surface area contributed by atoms with Gasteiger partial charge in [-0.15, -0.1) is 5.10 Å². The third-order valence-corrected chi connectivity index (χ3v) is 2.80. The van der Waals surface area contributed by atoms with Crippen LogP contribution in [0.5, 0.6) is 0 Å². The quantitative estimate of drug-likeness (QED) is 0.866. The van der Waals surface area contributed by atoms with Crippen molar-refractivity contribution >= 4 is 0 Å². The maximum atomic E-state index is 12.6. The van der Waals surface area contributed by atoms with Gasteiger partial charge in [0, 0.05) is 12.5 Å². The molecule has 1 unspecified atom stereocenters. The summed E-state index contributed by atoms with van der Waals surface area (Å²) in [4.78, 5) is 0. The molecular formula is C9H13F3N4. The van der Waals surface area contributed by atoms with Crippen LogP contribution < -0.4 is 5.73 Å². The lowest BCUT2D eigenvalue weighted by molar-refractivity contribution is -0.166. The molecule has 0 saturated heterocycles. The zero-order valence-corrected chi connectivity index (χ0v) is 8.83. The molecule has 1 aromatic heterocycles. The summed E-state index contributed by atoms with van der Waals surface area (Å²) in [6.07, 6.45) is -2.51. The summed E-state index contributed by atoms with van der Waals surface area (Å²) in [5, 5.41) is 7.30. The van der Waals surface area contributed by atoms with E-state index in [0.717, 1.165) is 24.4 Å². The molecule has 4 nitrogen and oxygen atoms in total. The first-order valence-electron chi connectivity index (χ1n) is 5.16. The molecule has 1 saturated carbocycles. The van der Waals surface area contributed by atoms with Crippen LogP contribution in [0.4, 0.5) is 13.2 Å². The Kier molecular flexibility index (Phi) is 2.65. The van der Waals surface area contributed by atoms with Crippen molar-refractivity contribution in [3.05, 3.63) is 11.4 Å². The van der Waals surface area contributed by atoms with E-state index >= 15 is 0 Å². The van der Waals surface area contributed by atoms with Crippen LogP contribution in [0.25, 0.3) is 0 Å². The van der Waals surface area contributed by atoms with Gasteiger partial charge in [0.1, 0.15) is 6.04 Å². The number of rotatable bonds is 3. The van der Waals surface area contributed by atoms with E-state index in [-0.39, 0.29) is 12.5 Å². The second-order valence-corrected chi connectivity index (χ2v) is 4.06. The number of halogens is 3. The highest BCUT2D eigenvalue weighted by Gasteiger charge is 2.42. The summed E-state index contributed by atoms with van der Waals surface area (Å²) in [7, 11) is 0. The lowest BCUT2D eigenvalue weighted by Gasteiger charge is -2.17. The molecule has 0 bridgehead atoms. The molecule has 0 radical (unpaired) electrons. The van der Waals surface area contributed by atoms with Crippen LogP contribution >= 0.6 is 0 Å². The lowest BCUT2D eigenvalue weighted by atomic mass is 10.2. The highest BCUT2D eigenvalue weighted by molar-refractivity contribution is 5.21. The highest BCUT2D eigenvalue weighted by atomic mass is 19.4. The molecule has 0 amide bonds. The number of nitrogens with two attached hydrogens (primary N) is 1. The first-order chi connectivity index (χ1) is 7.45. The molecule has 7 heteroatoms. The minimum absolute atomic E-state index is 0.135. The van der Waals surface area contributed by atoms with Gasteiger partial charge >= 0.3 is 6.18 Å². The highest BCUT2D eigenvalue weighted by Crippen LogP contribution is 2.43. The minimum atomic E-state index is -4.30. The van der Waals surface area contributed by atoms with Gasteiger partial charge in [0.05, 0.1) is 11.4 Å². The summed E-state index contributed by atoms with van der Waals surface area (Å²) in [6.45, 7) is 1.22. The molecular weight excluding hydrogens is 221 g/mol. The van der Waals surface area contributed by atoms with Gasteiger partial charge in [-0.2, -0.15) is 13.2 Å². The van der Waals surface area contributed by atoms with Crippen LogP contribution in [0.15, 0.2) is 0 Å². The van der Waals surface area contributed by atoms with E-state index in [0.29, 0.717) is 11.4 Å². The number of hydrogen-bond acceptors (Lipinski definition) is 3. The standard InChI is InChI=1S/C9H13F3N4/c1-5(9(10,11)12)16-8(6-2-3-6)7(4-13)14-15-16/h5-6H,2-4,13H2,1H3. The van der Waals surface area contributed by atoms with E-state index in [1.165, 1.54) is 0 Å². The van der Waals surface area contributed by atoms with Crippen molar-refractivity contribution in [2.75, 3.05) is 0 Å². The van der Waals surface area contributed by atoms with Gasteiger partial charge in [0.25, 0.3) is 0 Å². The van der Waals surface area contributed by atoms with E-state index in [1.54, 1.807) is 0 Å². The smallest absolute Gasteiger partial charge is 0.325 e. The first-order valence-corrected chi connectivity index (χ1v) is 5.16. The summed E-state index contributed by atoms with van der Waals surface area (Å²) < 4.78 is 38.7. The zero-order valence-electron chi connectivity index (χ0n) is 8.83. The monoisotopic (exact) mass is 234 g/mol. The Morgan fingerprint density at radius 1 is 1.50 bits per heavy atom. The number of nitrogens with zero attached hydrogens (tertiary/aromatic N) is 3. The van der Waals surface area contributed by atoms with Gasteiger partial charge in [-0.05, 0) is 19.8 Å². The summed E-state index contributed by atoms with van der Waals surface area (Å²) in [5.74, 6) is 0.151. The molecule has 1 aromatic rings. The Labute approximate surface area is 90.6 Å². The van der Waals surface area contributed by atoms with Gasteiger partial charge in [-0.1, -0.05) is 5.21 Å². The van der Waals surface area contributed by atoms with Crippen molar-refractivity contribution in [2.24, 2.45) is 5.73 Å². The van der Waals surface area contributed by atoms with E-state index in [1.807, 2.05) is 0 Å². The normalized spacial score (nSPS) is 18.8. The Morgan fingerprint density at radius 3 is 2.56 bits per heavy atom. The summed E-state index contributed by atoms with van der Waals surface area (Å²) in [5.41, 5.74) is 6.49. The maximum absolute atomic E-state index is 12.6. The Balaban J connectivity index is 2.37. The largest absolute Gasteiger partial charge is 0.410 e. The van der Waals surface area contributed by atoms with Crippen LogP contribution in [-0.2, 0) is 6.54 Å². The molecule has 1 fully saturated rings. The molecule has 1 aliphatic rings. The maximum Gasteiger partial charge on any atom is 0.410 e. The third-order valence-electron chi connectivity index (χ3n) is 2.80. The van der Waals surface area contributed by atoms with Crippen molar-refractivity contribution in [1.29, 1.82) is 0 Å². The SMILES string of the molecule is CC(n1nnc(CN)c1C1CC1)C(F)(F)F. The fourth-order valence-electron chi connectivity index (χ4n) is 1.68. The number of alkyl halides is 3. The van der Waals surface area contributed by atoms with Gasteiger partial charge < -0.3 is 5.73 Å². The molecule has 2 N–H and O–H groups in total. The summed E-state index contributed by atoms with van der Waals surface area (Å²) >= 11 is 0. The van der Waals surface area contributed by atoms with E-state index < -0.39 is 12.2 Å². The number of aromatic nitrogens is 3. The Hall–Kier alpha value is -1.11. The van der Waals surface area contributed by atoms with E-state index in [2.05, 4.69) is 10.3 Å². The third kappa shape index (κ3) is 1.91. The topological polar surface area (TPSA) is 56.7 Å². The average Bonchev–Trinajstić information content (AvgIpc) is 2.95.